The van der Waals surface area contributed by atoms with Crippen molar-refractivity contribution in [1.82, 2.24) is 10.2 Å². The Morgan fingerprint density at radius 3 is 2.32 bits per heavy atom. The van der Waals surface area contributed by atoms with Crippen molar-refractivity contribution in [3.05, 3.63) is 86.9 Å². The number of nitro groups is 1. The molecule has 47 heavy (non-hydrogen) atoms. The molecule has 3 aromatic carbocycles. The average molecular weight is 687 g/mol. The van der Waals surface area contributed by atoms with Crippen LogP contribution in [0.4, 0.5) is 11.4 Å². The Hall–Kier alpha value is -4.36. The minimum absolute atomic E-state index is 0.000542. The Morgan fingerprint density at radius 2 is 1.72 bits per heavy atom. The molecule has 0 spiro atoms. The summed E-state index contributed by atoms with van der Waals surface area (Å²) in [5, 5.41) is 15.0. The van der Waals surface area contributed by atoms with Crippen LogP contribution in [0.3, 0.4) is 0 Å². The van der Waals surface area contributed by atoms with Crippen LogP contribution in [0.25, 0.3) is 0 Å². The van der Waals surface area contributed by atoms with Crippen LogP contribution < -0.4 is 19.1 Å². The van der Waals surface area contributed by atoms with E-state index in [1.54, 1.807) is 31.2 Å². The number of amides is 2. The van der Waals surface area contributed by atoms with E-state index in [0.29, 0.717) is 11.3 Å². The molecule has 0 aliphatic heterocycles. The first kappa shape index (κ1) is 35.5. The third-order valence-electron chi connectivity index (χ3n) is 8.25. The number of anilines is 1. The zero-order chi connectivity index (χ0) is 34.3. The number of ether oxygens (including phenoxy) is 2. The number of methoxy groups -OCH3 is 2. The van der Waals surface area contributed by atoms with E-state index in [4.69, 9.17) is 21.1 Å². The summed E-state index contributed by atoms with van der Waals surface area (Å²) in [4.78, 5) is 40.1. The number of nitrogens with zero attached hydrogens (tertiary/aromatic N) is 3. The smallest absolute Gasteiger partial charge is 0.273 e. The average Bonchev–Trinajstić information content (AvgIpc) is 3.56. The summed E-state index contributed by atoms with van der Waals surface area (Å²) in [6, 6.07) is 13.9. The molecular weight excluding hydrogens is 648 g/mol. The molecule has 2 amide bonds. The molecule has 1 fully saturated rings. The van der Waals surface area contributed by atoms with Crippen LogP contribution in [-0.2, 0) is 26.2 Å². The van der Waals surface area contributed by atoms with Gasteiger partial charge in [0.15, 0.2) is 0 Å². The highest BCUT2D eigenvalue weighted by atomic mass is 35.5. The number of hydrogen-bond donors (Lipinski definition) is 1. The molecule has 1 atom stereocenters. The van der Waals surface area contributed by atoms with Gasteiger partial charge in [-0.1, -0.05) is 49.6 Å². The molecule has 0 radical (unpaired) electrons. The molecule has 12 nitrogen and oxygen atoms in total. The van der Waals surface area contributed by atoms with E-state index in [2.05, 4.69) is 5.32 Å². The van der Waals surface area contributed by atoms with E-state index < -0.39 is 44.0 Å². The molecule has 252 valence electrons. The molecule has 3 aromatic rings. The van der Waals surface area contributed by atoms with Crippen LogP contribution in [-0.4, -0.2) is 62.9 Å². The van der Waals surface area contributed by atoms with E-state index in [0.717, 1.165) is 36.1 Å². The highest BCUT2D eigenvalue weighted by molar-refractivity contribution is 7.92. The first-order valence-corrected chi connectivity index (χ1v) is 17.1. The van der Waals surface area contributed by atoms with Gasteiger partial charge < -0.3 is 19.7 Å². The van der Waals surface area contributed by atoms with Gasteiger partial charge >= 0.3 is 0 Å². The predicted molar refractivity (Wildman–Crippen MR) is 178 cm³/mol. The fraction of sp³-hybridized carbons (Fsp3) is 0.394. The van der Waals surface area contributed by atoms with Gasteiger partial charge in [-0.05, 0) is 68.1 Å². The Labute approximate surface area is 279 Å². The number of halogens is 1. The summed E-state index contributed by atoms with van der Waals surface area (Å²) >= 11 is 6.30. The maximum atomic E-state index is 14.4. The molecule has 14 heteroatoms. The summed E-state index contributed by atoms with van der Waals surface area (Å²) in [7, 11) is -1.76. The van der Waals surface area contributed by atoms with Crippen molar-refractivity contribution in [2.75, 3.05) is 25.1 Å². The SMILES string of the molecule is CC[C@H](C(=O)NC1CCCC1)N(Cc1ccc(OC)cc1)C(=O)CN(c1cc(Cl)ccc1OC)S(=O)(=O)c1ccc(C)c([N+](=O)[O-])c1. The van der Waals surface area contributed by atoms with Gasteiger partial charge in [-0.2, -0.15) is 0 Å². The van der Waals surface area contributed by atoms with Gasteiger partial charge in [0.1, 0.15) is 24.1 Å². The Balaban J connectivity index is 1.81. The lowest BCUT2D eigenvalue weighted by molar-refractivity contribution is -0.385. The van der Waals surface area contributed by atoms with Crippen LogP contribution in [0, 0.1) is 17.0 Å². The van der Waals surface area contributed by atoms with E-state index >= 15 is 0 Å². The van der Waals surface area contributed by atoms with Gasteiger partial charge in [-0.15, -0.1) is 0 Å². The number of rotatable bonds is 14. The Morgan fingerprint density at radius 1 is 1.04 bits per heavy atom. The number of sulfonamides is 1. The second kappa shape index (κ2) is 15.5. The van der Waals surface area contributed by atoms with Gasteiger partial charge in [-0.25, -0.2) is 8.42 Å². The maximum Gasteiger partial charge on any atom is 0.273 e. The molecule has 0 unspecified atom stereocenters. The Kier molecular flexibility index (Phi) is 11.7. The van der Waals surface area contributed by atoms with Crippen LogP contribution in [0.2, 0.25) is 5.02 Å². The van der Waals surface area contributed by atoms with Crippen molar-refractivity contribution in [1.29, 1.82) is 0 Å². The molecule has 0 saturated heterocycles. The predicted octanol–water partition coefficient (Wildman–Crippen LogP) is 5.64. The van der Waals surface area contributed by atoms with Crippen molar-refractivity contribution >= 4 is 44.8 Å². The number of carbonyl (C=O) groups is 2. The lowest BCUT2D eigenvalue weighted by atomic mass is 10.1. The largest absolute Gasteiger partial charge is 0.497 e. The first-order valence-electron chi connectivity index (χ1n) is 15.2. The maximum absolute atomic E-state index is 14.4. The van der Waals surface area contributed by atoms with Crippen LogP contribution in [0.1, 0.15) is 50.2 Å². The summed E-state index contributed by atoms with van der Waals surface area (Å²) < 4.78 is 40.2. The fourth-order valence-corrected chi connectivity index (χ4v) is 7.26. The van der Waals surface area contributed by atoms with Crippen molar-refractivity contribution in [2.45, 2.75) is 69.5 Å². The molecule has 0 heterocycles. The van der Waals surface area contributed by atoms with Gasteiger partial charge in [0.25, 0.3) is 15.7 Å². The highest BCUT2D eigenvalue weighted by Gasteiger charge is 2.36. The van der Waals surface area contributed by atoms with E-state index in [1.165, 1.54) is 56.4 Å². The second-order valence-corrected chi connectivity index (χ2v) is 13.6. The number of hydrogen-bond acceptors (Lipinski definition) is 8. The third-order valence-corrected chi connectivity index (χ3v) is 10.2. The minimum atomic E-state index is -4.63. The summed E-state index contributed by atoms with van der Waals surface area (Å²) in [6.07, 6.45) is 3.96. The van der Waals surface area contributed by atoms with Gasteiger partial charge in [-0.3, -0.25) is 24.0 Å². The van der Waals surface area contributed by atoms with Crippen molar-refractivity contribution in [3.63, 3.8) is 0 Å². The monoisotopic (exact) mass is 686 g/mol. The van der Waals surface area contributed by atoms with E-state index in [-0.39, 0.29) is 46.9 Å². The molecule has 1 saturated carbocycles. The number of carbonyl (C=O) groups excluding carboxylic acids is 2. The van der Waals surface area contributed by atoms with Crippen molar-refractivity contribution in [3.8, 4) is 11.5 Å². The first-order chi connectivity index (χ1) is 22.4. The number of nitrogens with one attached hydrogen (secondary N) is 1. The van der Waals surface area contributed by atoms with Gasteiger partial charge in [0, 0.05) is 29.2 Å². The highest BCUT2D eigenvalue weighted by Crippen LogP contribution is 2.36. The molecule has 1 aliphatic carbocycles. The molecule has 4 rings (SSSR count). The van der Waals surface area contributed by atoms with E-state index in [1.807, 2.05) is 0 Å². The number of nitro benzene ring substituents is 1. The van der Waals surface area contributed by atoms with Crippen molar-refractivity contribution < 1.29 is 32.4 Å². The van der Waals surface area contributed by atoms with Crippen LogP contribution >= 0.6 is 11.6 Å². The van der Waals surface area contributed by atoms with Gasteiger partial charge in [0.05, 0.1) is 29.7 Å². The van der Waals surface area contributed by atoms with Crippen LogP contribution in [0.5, 0.6) is 11.5 Å². The standard InChI is InChI=1S/C33H39ClN4O8S/c1-5-28(33(40)35-25-8-6-7-9-25)36(20-23-11-14-26(45-3)15-12-23)32(39)21-37(30-18-24(34)13-17-31(30)46-4)47(43,44)27-16-10-22(2)29(19-27)38(41)42/h10-19,25,28H,5-9,20-21H2,1-4H3,(H,35,40)/t28-/m1/s1. The fourth-order valence-electron chi connectivity index (χ4n) is 5.66. The van der Waals surface area contributed by atoms with Crippen LogP contribution in [0.15, 0.2) is 65.6 Å². The summed E-state index contributed by atoms with van der Waals surface area (Å²) in [5.74, 6) is -0.304. The molecule has 1 N–H and O–H groups in total. The van der Waals surface area contributed by atoms with Gasteiger partial charge in [0.2, 0.25) is 11.8 Å². The molecule has 1 aliphatic rings. The lowest BCUT2D eigenvalue weighted by Crippen LogP contribution is -2.53. The lowest BCUT2D eigenvalue weighted by Gasteiger charge is -2.34. The Bertz CT molecular complexity index is 1710. The summed E-state index contributed by atoms with van der Waals surface area (Å²) in [5.41, 5.74) is 0.507. The number of aryl methyl sites for hydroxylation is 1. The minimum Gasteiger partial charge on any atom is -0.497 e. The third kappa shape index (κ3) is 8.33. The molecule has 0 aromatic heterocycles. The second-order valence-electron chi connectivity index (χ2n) is 11.3. The number of benzene rings is 3. The normalized spacial score (nSPS) is 13.9. The topological polar surface area (TPSA) is 148 Å². The van der Waals surface area contributed by atoms with Crippen molar-refractivity contribution in [2.24, 2.45) is 0 Å². The zero-order valence-corrected chi connectivity index (χ0v) is 28.3. The molecule has 0 bridgehead atoms. The molecular formula is C33H39ClN4O8S. The quantitative estimate of drug-likeness (QED) is 0.169. The van der Waals surface area contributed by atoms with E-state index in [9.17, 15) is 28.1 Å². The zero-order valence-electron chi connectivity index (χ0n) is 26.8. The summed E-state index contributed by atoms with van der Waals surface area (Å²) in [6.45, 7) is 2.52.